The van der Waals surface area contributed by atoms with E-state index in [9.17, 15) is 54.8 Å². The standard InChI is InChI=1S/C47H81O15P/c1-3-5-7-8-9-10-11-12-13-14-15-16-20-23-27-33-40(50)59-35-39(36-60-63(57,58)62-47-45(55)43(53)42(52)44(54)46(47)56)61-41(51)34-28-32-38(49)31-26-22-19-17-18-21-25-30-37(48)29-24-6-4-2/h10-11,18-19,21-22,25-26,30-31,37-39,42-49,52-56H,3-9,12-17,20,23-24,27-29,32-36H2,1-2H3,(H,57,58)/b11-10-,21-18-,22-19-,30-25+,31-26+/t37-,38-,39-,42?,43-,44+,45-,46-,47?/m1/s1. The number of unbranched alkanes of at least 4 members (excludes halogenated alkanes) is 13. The Hall–Kier alpha value is -2.53. The smallest absolute Gasteiger partial charge is 0.462 e. The molecule has 0 bridgehead atoms. The molecule has 1 rings (SSSR count). The van der Waals surface area contributed by atoms with Crippen LogP contribution in [0.15, 0.2) is 60.8 Å². The number of carbonyl (C=O) groups is 2. The van der Waals surface area contributed by atoms with Crippen LogP contribution < -0.4 is 0 Å². The lowest BCUT2D eigenvalue weighted by molar-refractivity contribution is -0.220. The van der Waals surface area contributed by atoms with Crippen LogP contribution in [0.1, 0.15) is 155 Å². The molecule has 0 aromatic heterocycles. The van der Waals surface area contributed by atoms with Crippen LogP contribution in [-0.2, 0) is 32.7 Å². The fourth-order valence-corrected chi connectivity index (χ4v) is 7.64. The second-order valence-corrected chi connectivity index (χ2v) is 17.7. The molecule has 16 heteroatoms. The highest BCUT2D eigenvalue weighted by atomic mass is 31.2. The van der Waals surface area contributed by atoms with E-state index in [1.165, 1.54) is 25.7 Å². The van der Waals surface area contributed by atoms with Crippen molar-refractivity contribution in [3.63, 3.8) is 0 Å². The predicted octanol–water partition coefficient (Wildman–Crippen LogP) is 6.89. The number of esters is 2. The summed E-state index contributed by atoms with van der Waals surface area (Å²) in [5.74, 6) is -1.34. The lowest BCUT2D eigenvalue weighted by atomic mass is 9.85. The van der Waals surface area contributed by atoms with Gasteiger partial charge in [-0.25, -0.2) is 4.57 Å². The Labute approximate surface area is 376 Å². The van der Waals surface area contributed by atoms with Gasteiger partial charge in [0.1, 0.15) is 43.2 Å². The zero-order chi connectivity index (χ0) is 46.7. The maximum Gasteiger partial charge on any atom is 0.472 e. The van der Waals surface area contributed by atoms with E-state index >= 15 is 0 Å². The molecule has 0 saturated heterocycles. The molecule has 0 amide bonds. The van der Waals surface area contributed by atoms with Gasteiger partial charge in [-0.1, -0.05) is 145 Å². The third-order valence-electron chi connectivity index (χ3n) is 10.5. The van der Waals surface area contributed by atoms with Crippen LogP contribution in [0.2, 0.25) is 0 Å². The van der Waals surface area contributed by atoms with Gasteiger partial charge in [-0.3, -0.25) is 18.6 Å². The van der Waals surface area contributed by atoms with Crippen molar-refractivity contribution in [2.45, 2.75) is 210 Å². The molecule has 3 unspecified atom stereocenters. The predicted molar refractivity (Wildman–Crippen MR) is 242 cm³/mol. The van der Waals surface area contributed by atoms with Crippen LogP contribution in [0, 0.1) is 0 Å². The van der Waals surface area contributed by atoms with Crippen LogP contribution in [0.5, 0.6) is 0 Å². The van der Waals surface area contributed by atoms with E-state index in [4.69, 9.17) is 18.5 Å². The summed E-state index contributed by atoms with van der Waals surface area (Å²) >= 11 is 0. The fraction of sp³-hybridized carbons (Fsp3) is 0.745. The molecule has 10 atom stereocenters. The monoisotopic (exact) mass is 917 g/mol. The van der Waals surface area contributed by atoms with Gasteiger partial charge in [-0.2, -0.15) is 0 Å². The van der Waals surface area contributed by atoms with Gasteiger partial charge in [0.15, 0.2) is 6.10 Å². The largest absolute Gasteiger partial charge is 0.472 e. The SMILES string of the molecule is CCCCCC/C=C\CCCCCCCCCC(=O)OC[C@H](COP(=O)(O)OC1[C@H](O)[C@H](O)C(O)[C@H](O)[C@H]1O)OC(=O)CCC[C@H](O)/C=C/C=C\C/C=C\C=C\[C@H](O)CCCCC. The van der Waals surface area contributed by atoms with Crippen LogP contribution in [0.25, 0.3) is 0 Å². The number of ether oxygens (including phenoxy) is 2. The average Bonchev–Trinajstić information content (AvgIpc) is 3.25. The molecule has 0 aliphatic heterocycles. The molecule has 63 heavy (non-hydrogen) atoms. The van der Waals surface area contributed by atoms with Crippen molar-refractivity contribution < 1.29 is 73.3 Å². The van der Waals surface area contributed by atoms with Crippen molar-refractivity contribution in [1.29, 1.82) is 0 Å². The lowest BCUT2D eigenvalue weighted by Gasteiger charge is -2.41. The van der Waals surface area contributed by atoms with E-state index in [1.54, 1.807) is 24.3 Å². The van der Waals surface area contributed by atoms with Gasteiger partial charge >= 0.3 is 19.8 Å². The first-order valence-corrected chi connectivity index (χ1v) is 24.8. The molecule has 15 nitrogen and oxygen atoms in total. The zero-order valence-corrected chi connectivity index (χ0v) is 38.7. The van der Waals surface area contributed by atoms with Crippen molar-refractivity contribution in [3.8, 4) is 0 Å². The van der Waals surface area contributed by atoms with E-state index in [1.807, 2.05) is 24.3 Å². The van der Waals surface area contributed by atoms with E-state index in [2.05, 4.69) is 26.0 Å². The Morgan fingerprint density at radius 2 is 1.05 bits per heavy atom. The van der Waals surface area contributed by atoms with Crippen LogP contribution in [-0.4, -0.2) is 121 Å². The summed E-state index contributed by atoms with van der Waals surface area (Å²) in [6.45, 7) is 2.98. The molecule has 8 N–H and O–H groups in total. The number of hydrogen-bond donors (Lipinski definition) is 8. The van der Waals surface area contributed by atoms with Crippen molar-refractivity contribution in [2.75, 3.05) is 13.2 Å². The quantitative estimate of drug-likeness (QED) is 0.0104. The van der Waals surface area contributed by atoms with E-state index in [0.717, 1.165) is 77.0 Å². The first-order valence-electron chi connectivity index (χ1n) is 23.3. The maximum atomic E-state index is 12.8. The van der Waals surface area contributed by atoms with Crippen molar-refractivity contribution in [1.82, 2.24) is 0 Å². The Bertz CT molecular complexity index is 1370. The third-order valence-corrected chi connectivity index (χ3v) is 11.5. The molecule has 0 radical (unpaired) electrons. The van der Waals surface area contributed by atoms with Gasteiger partial charge in [-0.15, -0.1) is 0 Å². The highest BCUT2D eigenvalue weighted by Crippen LogP contribution is 2.47. The molecule has 1 aliphatic rings. The first kappa shape index (κ1) is 58.5. The molecule has 1 fully saturated rings. The minimum Gasteiger partial charge on any atom is -0.462 e. The highest BCUT2D eigenvalue weighted by Gasteiger charge is 2.51. The second kappa shape index (κ2) is 36.7. The highest BCUT2D eigenvalue weighted by molar-refractivity contribution is 7.47. The second-order valence-electron chi connectivity index (χ2n) is 16.3. The number of aliphatic hydroxyl groups is 7. The fourth-order valence-electron chi connectivity index (χ4n) is 6.67. The van der Waals surface area contributed by atoms with Crippen LogP contribution >= 0.6 is 7.82 Å². The topological polar surface area (TPSA) is 250 Å². The van der Waals surface area contributed by atoms with Gasteiger partial charge in [0.05, 0.1) is 18.8 Å². The summed E-state index contributed by atoms with van der Waals surface area (Å²) < 4.78 is 33.3. The number of phosphoric acid groups is 1. The number of hydrogen-bond acceptors (Lipinski definition) is 14. The maximum absolute atomic E-state index is 12.8. The molecule has 0 heterocycles. The molecule has 1 aliphatic carbocycles. The Morgan fingerprint density at radius 3 is 1.62 bits per heavy atom. The third kappa shape index (κ3) is 29.6. The number of aliphatic hydroxyl groups excluding tert-OH is 7. The molecular weight excluding hydrogens is 835 g/mol. The summed E-state index contributed by atoms with van der Waals surface area (Å²) in [6.07, 6.45) is 23.2. The lowest BCUT2D eigenvalue weighted by Crippen LogP contribution is -2.64. The van der Waals surface area contributed by atoms with Crippen LogP contribution in [0.4, 0.5) is 0 Å². The van der Waals surface area contributed by atoms with Gasteiger partial charge < -0.3 is 50.1 Å². The minimum atomic E-state index is -5.19. The van der Waals surface area contributed by atoms with Crippen molar-refractivity contribution in [2.24, 2.45) is 0 Å². The van der Waals surface area contributed by atoms with E-state index in [-0.39, 0.29) is 25.7 Å². The Balaban J connectivity index is 2.58. The first-order chi connectivity index (χ1) is 30.2. The number of carbonyl (C=O) groups excluding carboxylic acids is 2. The summed E-state index contributed by atoms with van der Waals surface area (Å²) in [7, 11) is -5.19. The normalized spacial score (nSPS) is 23.3. The van der Waals surface area contributed by atoms with Gasteiger partial charge in [0.25, 0.3) is 0 Å². The van der Waals surface area contributed by atoms with Gasteiger partial charge in [-0.05, 0) is 57.8 Å². The summed E-state index contributed by atoms with van der Waals surface area (Å²) in [5, 5.41) is 70.4. The Morgan fingerprint density at radius 1 is 0.571 bits per heavy atom. The summed E-state index contributed by atoms with van der Waals surface area (Å²) in [5.41, 5.74) is 0. The van der Waals surface area contributed by atoms with Crippen LogP contribution in [0.3, 0.4) is 0 Å². The molecular formula is C47H81O15P. The average molecular weight is 917 g/mol. The van der Waals surface area contributed by atoms with Gasteiger partial charge in [0, 0.05) is 12.8 Å². The molecule has 1 saturated carbocycles. The number of phosphoric ester groups is 1. The zero-order valence-electron chi connectivity index (χ0n) is 37.8. The Kier molecular flexibility index (Phi) is 34.0. The molecule has 364 valence electrons. The molecule has 0 aromatic carbocycles. The van der Waals surface area contributed by atoms with Crippen molar-refractivity contribution >= 4 is 19.8 Å². The van der Waals surface area contributed by atoms with E-state index in [0.29, 0.717) is 12.8 Å². The minimum absolute atomic E-state index is 0.110. The van der Waals surface area contributed by atoms with Crippen molar-refractivity contribution in [3.05, 3.63) is 60.8 Å². The molecule has 0 aromatic rings. The number of allylic oxidation sites excluding steroid dienone is 8. The number of rotatable bonds is 37. The van der Waals surface area contributed by atoms with E-state index < -0.39 is 87.9 Å². The summed E-state index contributed by atoms with van der Waals surface area (Å²) in [6, 6.07) is 0. The van der Waals surface area contributed by atoms with Gasteiger partial charge in [0.2, 0.25) is 0 Å². The molecule has 0 spiro atoms. The summed E-state index contributed by atoms with van der Waals surface area (Å²) in [4.78, 5) is 35.7.